The number of rotatable bonds is 12. The maximum Gasteiger partial charge on any atom is 0.255 e. The Hall–Kier alpha value is -5.62. The number of carbonyl (C=O) groups excluding carboxylic acids is 6. The van der Waals surface area contributed by atoms with Gasteiger partial charge in [0.15, 0.2) is 5.78 Å². The summed E-state index contributed by atoms with van der Waals surface area (Å²) in [5, 5.41) is 10.3. The first-order valence-corrected chi connectivity index (χ1v) is 24.4. The van der Waals surface area contributed by atoms with Crippen LogP contribution >= 0.6 is 60.4 Å². The SMILES string of the molecule is C.CNc1ccc(C(=O)Nc2ccc(Oc3ccc(NC(=O)c4ccc(NC(=O)c5cccc(C(C)=O)c5)cc4)cc3)cc2)cc1.II.O=C(Cl)c1cccc(C(=O)Cl)c1. The molecule has 60 heavy (non-hydrogen) atoms. The number of amides is 3. The number of halogens is 4. The van der Waals surface area contributed by atoms with Gasteiger partial charge in [-0.05, 0) is 145 Å². The van der Waals surface area contributed by atoms with Gasteiger partial charge in [-0.2, -0.15) is 0 Å². The minimum absolute atomic E-state index is 0. The molecule has 4 N–H and O–H groups in total. The van der Waals surface area contributed by atoms with Gasteiger partial charge < -0.3 is 26.0 Å². The van der Waals surface area contributed by atoms with E-state index in [4.69, 9.17) is 27.9 Å². The first-order chi connectivity index (χ1) is 28.4. The molecular formula is C45H38Cl2I2N4O7. The lowest BCUT2D eigenvalue weighted by Crippen LogP contribution is -2.14. The summed E-state index contributed by atoms with van der Waals surface area (Å²) in [6.07, 6.45) is 0. The number of hydrogen-bond donors (Lipinski definition) is 4. The number of nitrogens with one attached hydrogen (secondary N) is 4. The molecule has 0 aliphatic heterocycles. The van der Waals surface area contributed by atoms with E-state index in [1.807, 2.05) is 19.2 Å². The molecule has 0 bridgehead atoms. The van der Waals surface area contributed by atoms with E-state index in [1.54, 1.807) is 115 Å². The fraction of sp³-hybridized carbons (Fsp3) is 0.0667. The number of benzene rings is 6. The van der Waals surface area contributed by atoms with Crippen molar-refractivity contribution in [2.75, 3.05) is 28.3 Å². The van der Waals surface area contributed by atoms with Gasteiger partial charge in [-0.1, -0.05) is 37.8 Å². The molecule has 0 atom stereocenters. The van der Waals surface area contributed by atoms with Crippen LogP contribution in [0.3, 0.4) is 0 Å². The van der Waals surface area contributed by atoms with Crippen molar-refractivity contribution >= 4 is 117 Å². The molecule has 0 heterocycles. The molecule has 0 saturated heterocycles. The highest BCUT2D eigenvalue weighted by molar-refractivity contribution is 15.0. The lowest BCUT2D eigenvalue weighted by molar-refractivity contribution is 0.101. The second-order valence-electron chi connectivity index (χ2n) is 12.2. The number of ketones is 1. The number of Topliss-reactive ketones (excluding diaryl/α,β-unsaturated/α-hetero) is 1. The molecule has 0 radical (unpaired) electrons. The van der Waals surface area contributed by atoms with E-state index in [2.05, 4.69) is 58.5 Å². The lowest BCUT2D eigenvalue weighted by Gasteiger charge is -2.10. The molecule has 11 nitrogen and oxygen atoms in total. The van der Waals surface area contributed by atoms with Crippen molar-refractivity contribution in [3.05, 3.63) is 179 Å². The normalized spacial score (nSPS) is 9.77. The second-order valence-corrected chi connectivity index (χ2v) is 12.9. The van der Waals surface area contributed by atoms with Crippen LogP contribution in [-0.2, 0) is 0 Å². The van der Waals surface area contributed by atoms with Gasteiger partial charge in [0.2, 0.25) is 0 Å². The van der Waals surface area contributed by atoms with Crippen molar-refractivity contribution in [2.45, 2.75) is 14.4 Å². The third-order valence-electron chi connectivity index (χ3n) is 8.15. The van der Waals surface area contributed by atoms with E-state index in [9.17, 15) is 28.8 Å². The van der Waals surface area contributed by atoms with E-state index in [0.717, 1.165) is 5.69 Å². The average molecular weight is 1070 g/mol. The van der Waals surface area contributed by atoms with Gasteiger partial charge in [0, 0.05) is 100 Å². The Morgan fingerprint density at radius 1 is 0.450 bits per heavy atom. The number of anilines is 4. The number of hydrogen-bond acceptors (Lipinski definition) is 8. The first-order valence-electron chi connectivity index (χ1n) is 17.3. The standard InChI is InChI=1S/C36H30N4O5.C8H4Cl2O2.CH4.I2/c1-23(41)26-4-3-5-27(22-26)36(44)40-29-12-8-25(9-13-29)35(43)39-31-16-20-33(21-17-31)45-32-18-14-30(15-19-32)38-34(42)24-6-10-28(37-2)11-7-24;9-7(11)5-2-1-3-6(4-5)8(10)12;;1-2/h3-22,37H,1-2H3,(H,38,42)(H,39,43)(H,40,44);1-4H;1H4;. The van der Waals surface area contributed by atoms with Crippen LogP contribution in [0.5, 0.6) is 11.5 Å². The minimum atomic E-state index is -0.602. The Morgan fingerprint density at radius 2 is 0.767 bits per heavy atom. The fourth-order valence-corrected chi connectivity index (χ4v) is 5.33. The molecule has 0 aliphatic carbocycles. The molecule has 0 saturated carbocycles. The molecule has 0 unspecified atom stereocenters. The molecule has 0 fully saturated rings. The highest BCUT2D eigenvalue weighted by atomic mass is 128. The van der Waals surface area contributed by atoms with Gasteiger partial charge in [0.05, 0.1) is 0 Å². The Bertz CT molecular complexity index is 2400. The molecule has 3 amide bonds. The highest BCUT2D eigenvalue weighted by Gasteiger charge is 2.12. The quantitative estimate of drug-likeness (QED) is 0.0535. The molecular weight excluding hydrogens is 1030 g/mol. The van der Waals surface area contributed by atoms with Crippen LogP contribution < -0.4 is 26.0 Å². The summed E-state index contributed by atoms with van der Waals surface area (Å²) in [6, 6.07) is 40.0. The van der Waals surface area contributed by atoms with Crippen LogP contribution in [0.15, 0.2) is 146 Å². The van der Waals surface area contributed by atoms with Crippen molar-refractivity contribution in [1.29, 1.82) is 0 Å². The smallest absolute Gasteiger partial charge is 0.255 e. The monoisotopic (exact) mass is 1070 g/mol. The third kappa shape index (κ3) is 14.9. The van der Waals surface area contributed by atoms with Gasteiger partial charge in [0.1, 0.15) is 11.5 Å². The Morgan fingerprint density at radius 3 is 1.13 bits per heavy atom. The molecule has 0 aliphatic rings. The van der Waals surface area contributed by atoms with Gasteiger partial charge in [-0.3, -0.25) is 28.8 Å². The van der Waals surface area contributed by atoms with Crippen molar-refractivity contribution in [3.8, 4) is 11.5 Å². The van der Waals surface area contributed by atoms with E-state index < -0.39 is 10.5 Å². The van der Waals surface area contributed by atoms with Gasteiger partial charge >= 0.3 is 0 Å². The predicted octanol–water partition coefficient (Wildman–Crippen LogP) is 12.3. The number of carbonyl (C=O) groups is 6. The Labute approximate surface area is 380 Å². The Balaban J connectivity index is 0.000000548. The van der Waals surface area contributed by atoms with Crippen LogP contribution in [0.4, 0.5) is 22.7 Å². The maximum absolute atomic E-state index is 12.8. The molecule has 15 heteroatoms. The van der Waals surface area contributed by atoms with Crippen LogP contribution in [0.25, 0.3) is 0 Å². The zero-order valence-corrected chi connectivity index (χ0v) is 37.1. The molecule has 6 rings (SSSR count). The number of ether oxygens (including phenoxy) is 1. The van der Waals surface area contributed by atoms with E-state index in [-0.39, 0.29) is 42.1 Å². The summed E-state index contributed by atoms with van der Waals surface area (Å²) in [4.78, 5) is 70.7. The van der Waals surface area contributed by atoms with Gasteiger partial charge in [-0.15, -0.1) is 0 Å². The molecule has 6 aromatic rings. The highest BCUT2D eigenvalue weighted by Crippen LogP contribution is 2.25. The van der Waals surface area contributed by atoms with E-state index in [0.29, 0.717) is 50.8 Å². The van der Waals surface area contributed by atoms with Gasteiger partial charge in [-0.25, -0.2) is 0 Å². The lowest BCUT2D eigenvalue weighted by atomic mass is 10.1. The second kappa shape index (κ2) is 24.5. The summed E-state index contributed by atoms with van der Waals surface area (Å²) >= 11 is 14.6. The van der Waals surface area contributed by atoms with E-state index in [1.165, 1.54) is 25.1 Å². The van der Waals surface area contributed by atoms with Crippen molar-refractivity contribution in [2.24, 2.45) is 0 Å². The summed E-state index contributed by atoms with van der Waals surface area (Å²) in [5.41, 5.74) is 4.98. The zero-order chi connectivity index (χ0) is 42.9. The van der Waals surface area contributed by atoms with Crippen molar-refractivity contribution in [3.63, 3.8) is 0 Å². The maximum atomic E-state index is 12.8. The molecule has 0 spiro atoms. The first kappa shape index (κ1) is 48.7. The van der Waals surface area contributed by atoms with Crippen LogP contribution in [-0.4, -0.2) is 41.0 Å². The Kier molecular flexibility index (Phi) is 19.9. The van der Waals surface area contributed by atoms with Crippen LogP contribution in [0.2, 0.25) is 0 Å². The summed E-state index contributed by atoms with van der Waals surface area (Å²) < 4.78 is 5.90. The summed E-state index contributed by atoms with van der Waals surface area (Å²) in [5.74, 6) is 0.159. The van der Waals surface area contributed by atoms with Crippen LogP contribution in [0, 0.1) is 0 Å². The molecule has 308 valence electrons. The van der Waals surface area contributed by atoms with Gasteiger partial charge in [0.25, 0.3) is 28.2 Å². The minimum Gasteiger partial charge on any atom is -0.457 e. The predicted molar refractivity (Wildman–Crippen MR) is 257 cm³/mol. The average Bonchev–Trinajstić information content (AvgIpc) is 3.26. The van der Waals surface area contributed by atoms with E-state index >= 15 is 0 Å². The summed E-state index contributed by atoms with van der Waals surface area (Å²) in [6.45, 7) is 1.44. The third-order valence-corrected chi connectivity index (χ3v) is 8.59. The fourth-order valence-electron chi connectivity index (χ4n) is 5.09. The zero-order valence-electron chi connectivity index (χ0n) is 31.2. The van der Waals surface area contributed by atoms with Crippen molar-refractivity contribution in [1.82, 2.24) is 0 Å². The van der Waals surface area contributed by atoms with Crippen molar-refractivity contribution < 1.29 is 33.5 Å². The molecule has 6 aromatic carbocycles. The molecule has 0 aromatic heterocycles. The van der Waals surface area contributed by atoms with Crippen LogP contribution in [0.1, 0.15) is 76.5 Å². The topological polar surface area (TPSA) is 160 Å². The summed E-state index contributed by atoms with van der Waals surface area (Å²) in [7, 11) is 1.82. The largest absolute Gasteiger partial charge is 0.457 e.